The second-order valence-electron chi connectivity index (χ2n) is 7.70. The first-order valence-corrected chi connectivity index (χ1v) is 11.6. The largest absolute Gasteiger partial charge is 0.486 e. The van der Waals surface area contributed by atoms with E-state index in [0.29, 0.717) is 46.2 Å². The van der Waals surface area contributed by atoms with Crippen LogP contribution in [0.1, 0.15) is 29.3 Å². The highest BCUT2D eigenvalue weighted by Gasteiger charge is 2.23. The summed E-state index contributed by atoms with van der Waals surface area (Å²) < 4.78 is 16.4. The molecular weight excluding hydrogens is 464 g/mol. The lowest BCUT2D eigenvalue weighted by Gasteiger charge is -2.22. The van der Waals surface area contributed by atoms with E-state index in [2.05, 4.69) is 4.98 Å². The molecule has 4 rings (SSSR count). The summed E-state index contributed by atoms with van der Waals surface area (Å²) in [7, 11) is 0. The Bertz CT molecular complexity index is 1190. The molecule has 0 saturated carbocycles. The summed E-state index contributed by atoms with van der Waals surface area (Å²) in [6, 6.07) is 9.17. The van der Waals surface area contributed by atoms with Gasteiger partial charge in [-0.2, -0.15) is 0 Å². The van der Waals surface area contributed by atoms with Crippen LogP contribution < -0.4 is 14.4 Å². The average Bonchev–Trinajstić information content (AvgIpc) is 3.22. The van der Waals surface area contributed by atoms with Crippen LogP contribution in [-0.2, 0) is 27.4 Å². The number of thiazole rings is 1. The van der Waals surface area contributed by atoms with Gasteiger partial charge in [0.15, 0.2) is 16.6 Å². The number of carbonyl (C=O) groups excluding carboxylic acids is 2. The Morgan fingerprint density at radius 1 is 1.15 bits per heavy atom. The molecule has 172 valence electrons. The standard InChI is InChI=1S/C24H23ClN2O5S/c1-14-8-15(2)23(19(25)9-14)27(16(3)28)24-26-18(13-33-24)12-32-22(29)11-17-4-5-20-21(10-17)31-7-6-30-20/h4-5,8-10,13H,6-7,11-12H2,1-3H3. The summed E-state index contributed by atoms with van der Waals surface area (Å²) in [6.45, 7) is 6.31. The van der Waals surface area contributed by atoms with Crippen molar-refractivity contribution in [1.82, 2.24) is 4.98 Å². The first-order valence-electron chi connectivity index (χ1n) is 10.4. The molecule has 0 N–H and O–H groups in total. The molecule has 0 unspecified atom stereocenters. The number of ether oxygens (including phenoxy) is 3. The number of rotatable bonds is 6. The highest BCUT2D eigenvalue weighted by molar-refractivity contribution is 7.14. The number of benzene rings is 2. The number of fused-ring (bicyclic) bond motifs is 1. The van der Waals surface area contributed by atoms with E-state index in [-0.39, 0.29) is 24.9 Å². The molecule has 0 bridgehead atoms. The number of esters is 1. The zero-order valence-electron chi connectivity index (χ0n) is 18.5. The number of aromatic nitrogens is 1. The number of aryl methyl sites for hydroxylation is 2. The lowest BCUT2D eigenvalue weighted by molar-refractivity contribution is -0.144. The molecule has 0 saturated heterocycles. The minimum absolute atomic E-state index is 0.00619. The third-order valence-electron chi connectivity index (χ3n) is 5.00. The highest BCUT2D eigenvalue weighted by Crippen LogP contribution is 2.37. The Morgan fingerprint density at radius 2 is 1.91 bits per heavy atom. The van der Waals surface area contributed by atoms with Gasteiger partial charge in [-0.25, -0.2) is 4.98 Å². The van der Waals surface area contributed by atoms with Crippen molar-refractivity contribution in [2.75, 3.05) is 18.1 Å². The zero-order chi connectivity index (χ0) is 23.5. The van der Waals surface area contributed by atoms with E-state index in [0.717, 1.165) is 16.7 Å². The van der Waals surface area contributed by atoms with E-state index >= 15 is 0 Å². The van der Waals surface area contributed by atoms with E-state index in [9.17, 15) is 9.59 Å². The summed E-state index contributed by atoms with van der Waals surface area (Å²) in [5.41, 5.74) is 3.81. The van der Waals surface area contributed by atoms with E-state index in [1.54, 1.807) is 17.5 Å². The summed E-state index contributed by atoms with van der Waals surface area (Å²) >= 11 is 7.74. The summed E-state index contributed by atoms with van der Waals surface area (Å²) in [5.74, 6) is 0.708. The quantitative estimate of drug-likeness (QED) is 0.448. The molecule has 0 spiro atoms. The van der Waals surface area contributed by atoms with E-state index in [4.69, 9.17) is 25.8 Å². The molecule has 1 aliphatic rings. The monoisotopic (exact) mass is 486 g/mol. The molecule has 1 aromatic heterocycles. The predicted molar refractivity (Wildman–Crippen MR) is 127 cm³/mol. The van der Waals surface area contributed by atoms with Gasteiger partial charge in [-0.05, 0) is 48.7 Å². The Balaban J connectivity index is 1.43. The second-order valence-corrected chi connectivity index (χ2v) is 8.95. The number of halogens is 1. The lowest BCUT2D eigenvalue weighted by atomic mass is 10.1. The van der Waals surface area contributed by atoms with Crippen LogP contribution in [0.5, 0.6) is 11.5 Å². The van der Waals surface area contributed by atoms with Crippen molar-refractivity contribution in [3.8, 4) is 11.5 Å². The van der Waals surface area contributed by atoms with Gasteiger partial charge in [0, 0.05) is 12.3 Å². The Labute approximate surface area is 200 Å². The fraction of sp³-hybridized carbons (Fsp3) is 0.292. The number of hydrogen-bond acceptors (Lipinski definition) is 7. The van der Waals surface area contributed by atoms with Gasteiger partial charge in [0.1, 0.15) is 19.8 Å². The summed E-state index contributed by atoms with van der Waals surface area (Å²) in [6.07, 6.45) is 0.103. The van der Waals surface area contributed by atoms with Crippen molar-refractivity contribution in [3.05, 3.63) is 63.1 Å². The van der Waals surface area contributed by atoms with E-state index in [1.807, 2.05) is 32.0 Å². The zero-order valence-corrected chi connectivity index (χ0v) is 20.1. The number of carbonyl (C=O) groups is 2. The molecule has 7 nitrogen and oxygen atoms in total. The van der Waals surface area contributed by atoms with Crippen LogP contribution in [0.4, 0.5) is 10.8 Å². The fourth-order valence-electron chi connectivity index (χ4n) is 3.61. The van der Waals surface area contributed by atoms with Crippen molar-refractivity contribution in [3.63, 3.8) is 0 Å². The van der Waals surface area contributed by atoms with Gasteiger partial charge in [-0.15, -0.1) is 11.3 Å². The third kappa shape index (κ3) is 5.29. The minimum atomic E-state index is -0.387. The van der Waals surface area contributed by atoms with Gasteiger partial charge in [-0.3, -0.25) is 14.5 Å². The predicted octanol–water partition coefficient (Wildman–Crippen LogP) is 5.16. The maximum Gasteiger partial charge on any atom is 0.310 e. The molecular formula is C24H23ClN2O5S. The SMILES string of the molecule is CC(=O)N(c1nc(COC(=O)Cc2ccc3c(c2)OCCO3)cs1)c1c(C)cc(C)cc1Cl. The Kier molecular flexibility index (Phi) is 6.85. The van der Waals surface area contributed by atoms with Gasteiger partial charge in [0.25, 0.3) is 0 Å². The number of nitrogens with zero attached hydrogens (tertiary/aromatic N) is 2. The summed E-state index contributed by atoms with van der Waals surface area (Å²) in [5, 5.41) is 2.71. The van der Waals surface area contributed by atoms with Crippen LogP contribution in [0.3, 0.4) is 0 Å². The van der Waals surface area contributed by atoms with Gasteiger partial charge in [-0.1, -0.05) is 23.7 Å². The molecule has 0 atom stereocenters. The van der Waals surface area contributed by atoms with Crippen molar-refractivity contribution in [2.45, 2.75) is 33.8 Å². The van der Waals surface area contributed by atoms with E-state index < -0.39 is 0 Å². The van der Waals surface area contributed by atoms with Crippen LogP contribution in [0.2, 0.25) is 5.02 Å². The highest BCUT2D eigenvalue weighted by atomic mass is 35.5. The van der Waals surface area contributed by atoms with Crippen molar-refractivity contribution in [2.24, 2.45) is 0 Å². The minimum Gasteiger partial charge on any atom is -0.486 e. The molecule has 3 aromatic rings. The van der Waals surface area contributed by atoms with Gasteiger partial charge in [0.05, 0.1) is 22.8 Å². The maximum atomic E-state index is 12.4. The van der Waals surface area contributed by atoms with Crippen LogP contribution in [0.15, 0.2) is 35.7 Å². The molecule has 33 heavy (non-hydrogen) atoms. The normalized spacial score (nSPS) is 12.4. The second kappa shape index (κ2) is 9.80. The molecule has 2 aromatic carbocycles. The number of anilines is 2. The van der Waals surface area contributed by atoms with E-state index in [1.165, 1.54) is 23.2 Å². The lowest BCUT2D eigenvalue weighted by Crippen LogP contribution is -2.24. The molecule has 0 fully saturated rings. The number of amides is 1. The molecule has 0 aliphatic carbocycles. The summed E-state index contributed by atoms with van der Waals surface area (Å²) in [4.78, 5) is 30.8. The smallest absolute Gasteiger partial charge is 0.310 e. The van der Waals surface area contributed by atoms with Crippen LogP contribution in [0.25, 0.3) is 0 Å². The first kappa shape index (κ1) is 23.1. The van der Waals surface area contributed by atoms with Crippen molar-refractivity contribution in [1.29, 1.82) is 0 Å². The van der Waals surface area contributed by atoms with Crippen LogP contribution in [-0.4, -0.2) is 30.1 Å². The van der Waals surface area contributed by atoms with Crippen molar-refractivity contribution < 1.29 is 23.8 Å². The first-order chi connectivity index (χ1) is 15.8. The fourth-order valence-corrected chi connectivity index (χ4v) is 4.88. The molecule has 1 amide bonds. The molecule has 9 heteroatoms. The Morgan fingerprint density at radius 3 is 2.64 bits per heavy atom. The maximum absolute atomic E-state index is 12.4. The Hall–Kier alpha value is -3.10. The number of hydrogen-bond donors (Lipinski definition) is 0. The van der Waals surface area contributed by atoms with Gasteiger partial charge in [0.2, 0.25) is 5.91 Å². The van der Waals surface area contributed by atoms with Crippen LogP contribution in [0, 0.1) is 13.8 Å². The van der Waals surface area contributed by atoms with Crippen LogP contribution >= 0.6 is 22.9 Å². The average molecular weight is 487 g/mol. The van der Waals surface area contributed by atoms with Gasteiger partial charge < -0.3 is 14.2 Å². The van der Waals surface area contributed by atoms with Gasteiger partial charge >= 0.3 is 5.97 Å². The molecule has 0 radical (unpaired) electrons. The topological polar surface area (TPSA) is 78.0 Å². The van der Waals surface area contributed by atoms with Crippen molar-refractivity contribution >= 4 is 45.6 Å². The molecule has 1 aliphatic heterocycles. The third-order valence-corrected chi connectivity index (χ3v) is 6.17. The molecule has 2 heterocycles.